The van der Waals surface area contributed by atoms with Crippen molar-refractivity contribution < 1.29 is 4.74 Å². The number of aromatic nitrogens is 1. The first-order valence-corrected chi connectivity index (χ1v) is 9.63. The summed E-state index contributed by atoms with van der Waals surface area (Å²) < 4.78 is 6.09. The lowest BCUT2D eigenvalue weighted by Gasteiger charge is -2.18. The summed E-state index contributed by atoms with van der Waals surface area (Å²) in [6.45, 7) is 9.89. The van der Waals surface area contributed by atoms with Crippen molar-refractivity contribution in [1.82, 2.24) is 15.6 Å². The fourth-order valence-corrected chi connectivity index (χ4v) is 2.72. The van der Waals surface area contributed by atoms with Gasteiger partial charge in [-0.25, -0.2) is 0 Å². The van der Waals surface area contributed by atoms with Crippen LogP contribution in [0.25, 0.3) is 0 Å². The number of ether oxygens (including phenoxy) is 1. The predicted molar refractivity (Wildman–Crippen MR) is 112 cm³/mol. The maximum absolute atomic E-state index is 6.09. The van der Waals surface area contributed by atoms with E-state index in [0.29, 0.717) is 6.54 Å². The summed E-state index contributed by atoms with van der Waals surface area (Å²) in [6.07, 6.45) is 5.86. The minimum absolute atomic E-state index is 0.201. The first-order valence-electron chi connectivity index (χ1n) is 9.63. The Hall–Kier alpha value is -2.56. The van der Waals surface area contributed by atoms with E-state index in [2.05, 4.69) is 72.6 Å². The van der Waals surface area contributed by atoms with Crippen molar-refractivity contribution >= 4 is 5.96 Å². The first kappa shape index (κ1) is 20.7. The van der Waals surface area contributed by atoms with Crippen molar-refractivity contribution in [3.8, 4) is 5.75 Å². The van der Waals surface area contributed by atoms with E-state index in [1.165, 1.54) is 16.7 Å². The number of aryl methyl sites for hydroxylation is 2. The molecule has 0 aliphatic heterocycles. The number of rotatable bonds is 8. The zero-order chi connectivity index (χ0) is 19.6. The summed E-state index contributed by atoms with van der Waals surface area (Å²) >= 11 is 0. The number of hydrogen-bond donors (Lipinski definition) is 2. The van der Waals surface area contributed by atoms with Gasteiger partial charge in [0, 0.05) is 38.1 Å². The molecule has 0 aliphatic carbocycles. The third-order valence-corrected chi connectivity index (χ3v) is 4.62. The fourth-order valence-electron chi connectivity index (χ4n) is 2.72. The van der Waals surface area contributed by atoms with Gasteiger partial charge in [-0.1, -0.05) is 19.1 Å². The first-order chi connectivity index (χ1) is 13.0. The smallest absolute Gasteiger partial charge is 0.191 e. The second kappa shape index (κ2) is 10.6. The van der Waals surface area contributed by atoms with E-state index >= 15 is 0 Å². The molecule has 0 fully saturated rings. The number of nitrogens with zero attached hydrogens (tertiary/aromatic N) is 2. The summed E-state index contributed by atoms with van der Waals surface area (Å²) in [7, 11) is 1.79. The molecule has 1 heterocycles. The molecule has 2 rings (SSSR count). The summed E-state index contributed by atoms with van der Waals surface area (Å²) in [5.41, 5.74) is 4.85. The Morgan fingerprint density at radius 3 is 2.70 bits per heavy atom. The van der Waals surface area contributed by atoms with Crippen molar-refractivity contribution in [3.63, 3.8) is 0 Å². The van der Waals surface area contributed by atoms with Crippen LogP contribution in [0.3, 0.4) is 0 Å². The molecule has 2 aromatic rings. The van der Waals surface area contributed by atoms with Crippen molar-refractivity contribution in [1.29, 1.82) is 0 Å². The Morgan fingerprint density at radius 2 is 2.00 bits per heavy atom. The Kier molecular flexibility index (Phi) is 8.11. The van der Waals surface area contributed by atoms with E-state index < -0.39 is 0 Å². The SMILES string of the molecule is CCC(C)Oc1cc(C)ccc1CNC(=NC)NCCc1ccncc1C. The van der Waals surface area contributed by atoms with Crippen LogP contribution in [0.2, 0.25) is 0 Å². The number of hydrogen-bond acceptors (Lipinski definition) is 3. The number of nitrogens with one attached hydrogen (secondary N) is 2. The molecule has 0 saturated carbocycles. The molecule has 0 amide bonds. The lowest BCUT2D eigenvalue weighted by molar-refractivity contribution is 0.215. The van der Waals surface area contributed by atoms with Crippen LogP contribution >= 0.6 is 0 Å². The number of pyridine rings is 1. The van der Waals surface area contributed by atoms with Gasteiger partial charge in [0.05, 0.1) is 6.10 Å². The average molecular weight is 369 g/mol. The molecule has 0 aliphatic rings. The summed E-state index contributed by atoms with van der Waals surface area (Å²) in [6, 6.07) is 8.40. The Morgan fingerprint density at radius 1 is 1.19 bits per heavy atom. The molecule has 0 radical (unpaired) electrons. The fraction of sp³-hybridized carbons (Fsp3) is 0.455. The molecule has 1 aromatic carbocycles. The van der Waals surface area contributed by atoms with Gasteiger partial charge in [-0.3, -0.25) is 9.98 Å². The zero-order valence-corrected chi connectivity index (χ0v) is 17.2. The van der Waals surface area contributed by atoms with Gasteiger partial charge >= 0.3 is 0 Å². The van der Waals surface area contributed by atoms with Crippen molar-refractivity contribution in [2.45, 2.75) is 53.2 Å². The average Bonchev–Trinajstić information content (AvgIpc) is 2.67. The summed E-state index contributed by atoms with van der Waals surface area (Å²) in [4.78, 5) is 8.46. The van der Waals surface area contributed by atoms with E-state index in [9.17, 15) is 0 Å². The Bertz CT molecular complexity index is 758. The van der Waals surface area contributed by atoms with Gasteiger partial charge in [0.1, 0.15) is 5.75 Å². The Labute approximate surface area is 163 Å². The van der Waals surface area contributed by atoms with Gasteiger partial charge < -0.3 is 15.4 Å². The van der Waals surface area contributed by atoms with Crippen LogP contribution in [0.15, 0.2) is 41.7 Å². The van der Waals surface area contributed by atoms with Crippen LogP contribution < -0.4 is 15.4 Å². The summed E-state index contributed by atoms with van der Waals surface area (Å²) in [5, 5.41) is 6.76. The highest BCUT2D eigenvalue weighted by molar-refractivity contribution is 5.79. The molecule has 146 valence electrons. The zero-order valence-electron chi connectivity index (χ0n) is 17.2. The Balaban J connectivity index is 1.91. The monoisotopic (exact) mass is 368 g/mol. The van der Waals surface area contributed by atoms with Gasteiger partial charge in [-0.2, -0.15) is 0 Å². The molecular weight excluding hydrogens is 336 g/mol. The second-order valence-corrected chi connectivity index (χ2v) is 6.85. The van der Waals surface area contributed by atoms with Crippen LogP contribution in [0.4, 0.5) is 0 Å². The highest BCUT2D eigenvalue weighted by Gasteiger charge is 2.09. The van der Waals surface area contributed by atoms with Crippen LogP contribution in [-0.2, 0) is 13.0 Å². The van der Waals surface area contributed by atoms with Gasteiger partial charge in [-0.05, 0) is 62.4 Å². The van der Waals surface area contributed by atoms with Crippen molar-refractivity contribution in [3.05, 3.63) is 58.9 Å². The number of benzene rings is 1. The molecule has 5 nitrogen and oxygen atoms in total. The molecule has 0 spiro atoms. The molecule has 0 saturated heterocycles. The van der Waals surface area contributed by atoms with Gasteiger partial charge in [0.15, 0.2) is 5.96 Å². The van der Waals surface area contributed by atoms with Crippen LogP contribution in [0.5, 0.6) is 5.75 Å². The standard InChI is InChI=1S/C22H32N4O/c1-6-18(4)27-21-13-16(2)7-8-20(21)15-26-22(23-5)25-12-10-19-9-11-24-14-17(19)3/h7-9,11,13-14,18H,6,10,12,15H2,1-5H3,(H2,23,25,26). The second-order valence-electron chi connectivity index (χ2n) is 6.85. The molecule has 1 atom stereocenters. The minimum atomic E-state index is 0.201. The van der Waals surface area contributed by atoms with E-state index in [-0.39, 0.29) is 6.10 Å². The summed E-state index contributed by atoms with van der Waals surface area (Å²) in [5.74, 6) is 1.73. The third-order valence-electron chi connectivity index (χ3n) is 4.62. The van der Waals surface area contributed by atoms with Gasteiger partial charge in [-0.15, -0.1) is 0 Å². The maximum Gasteiger partial charge on any atom is 0.191 e. The highest BCUT2D eigenvalue weighted by Crippen LogP contribution is 2.22. The van der Waals surface area contributed by atoms with Crippen LogP contribution in [-0.4, -0.2) is 30.6 Å². The van der Waals surface area contributed by atoms with Gasteiger partial charge in [0.25, 0.3) is 0 Å². The third kappa shape index (κ3) is 6.59. The van der Waals surface area contributed by atoms with E-state index in [1.807, 2.05) is 12.4 Å². The molecular formula is C22H32N4O. The topological polar surface area (TPSA) is 58.5 Å². The molecule has 0 bridgehead atoms. The highest BCUT2D eigenvalue weighted by atomic mass is 16.5. The molecule has 5 heteroatoms. The van der Waals surface area contributed by atoms with E-state index in [0.717, 1.165) is 36.7 Å². The number of guanidine groups is 1. The van der Waals surface area contributed by atoms with Crippen molar-refractivity contribution in [2.75, 3.05) is 13.6 Å². The van der Waals surface area contributed by atoms with Crippen LogP contribution in [0.1, 0.15) is 42.5 Å². The maximum atomic E-state index is 6.09. The van der Waals surface area contributed by atoms with Crippen LogP contribution in [0, 0.1) is 13.8 Å². The largest absolute Gasteiger partial charge is 0.490 e. The quantitative estimate of drug-likeness (QED) is 0.550. The minimum Gasteiger partial charge on any atom is -0.490 e. The van der Waals surface area contributed by atoms with E-state index in [1.54, 1.807) is 7.05 Å². The molecule has 27 heavy (non-hydrogen) atoms. The normalized spacial score (nSPS) is 12.6. The number of aliphatic imine (C=N–C) groups is 1. The van der Waals surface area contributed by atoms with E-state index in [4.69, 9.17) is 4.74 Å². The molecule has 1 unspecified atom stereocenters. The van der Waals surface area contributed by atoms with Gasteiger partial charge in [0.2, 0.25) is 0 Å². The molecule has 1 aromatic heterocycles. The lowest BCUT2D eigenvalue weighted by atomic mass is 10.1. The molecule has 2 N–H and O–H groups in total. The lowest BCUT2D eigenvalue weighted by Crippen LogP contribution is -2.38. The predicted octanol–water partition coefficient (Wildman–Crippen LogP) is 3.78. The van der Waals surface area contributed by atoms with Crippen molar-refractivity contribution in [2.24, 2.45) is 4.99 Å².